The lowest BCUT2D eigenvalue weighted by Crippen LogP contribution is -2.01. The maximum absolute atomic E-state index is 12.1. The van der Waals surface area contributed by atoms with Crippen molar-refractivity contribution in [1.82, 2.24) is 9.78 Å². The molecule has 0 saturated heterocycles. The average Bonchev–Trinajstić information content (AvgIpc) is 2.61. The van der Waals surface area contributed by atoms with E-state index in [1.807, 2.05) is 0 Å². The highest BCUT2D eigenvalue weighted by Gasteiger charge is 2.10. The summed E-state index contributed by atoms with van der Waals surface area (Å²) in [6.45, 7) is 0. The molecule has 0 aliphatic heterocycles. The van der Waals surface area contributed by atoms with Gasteiger partial charge in [0, 0.05) is 18.1 Å². The van der Waals surface area contributed by atoms with E-state index in [2.05, 4.69) is 5.10 Å². The lowest BCUT2D eigenvalue weighted by atomic mass is 10.2. The zero-order valence-electron chi connectivity index (χ0n) is 8.40. The number of aromatic nitrogens is 2. The van der Waals surface area contributed by atoms with E-state index in [4.69, 9.17) is 16.0 Å². The van der Waals surface area contributed by atoms with Crippen LogP contribution in [0.1, 0.15) is 0 Å². The second-order valence-electron chi connectivity index (χ2n) is 3.56. The van der Waals surface area contributed by atoms with Crippen LogP contribution >= 0.6 is 11.6 Å². The summed E-state index contributed by atoms with van der Waals surface area (Å²) in [7, 11) is 1.72. The Kier molecular flexibility index (Phi) is 1.82. The molecule has 0 aliphatic carbocycles. The monoisotopic (exact) mass is 234 g/mol. The molecule has 0 saturated carbocycles. The molecule has 0 atom stereocenters. The van der Waals surface area contributed by atoms with Gasteiger partial charge in [-0.2, -0.15) is 5.10 Å². The number of aryl methyl sites for hydroxylation is 1. The molecule has 0 bridgehead atoms. The maximum atomic E-state index is 12.1. The van der Waals surface area contributed by atoms with Crippen LogP contribution in [0.25, 0.3) is 22.1 Å². The summed E-state index contributed by atoms with van der Waals surface area (Å²) in [6.07, 6.45) is 1.51. The van der Waals surface area contributed by atoms with Crippen LogP contribution in [0.2, 0.25) is 5.02 Å². The van der Waals surface area contributed by atoms with Crippen molar-refractivity contribution in [2.45, 2.75) is 0 Å². The first-order valence-corrected chi connectivity index (χ1v) is 5.09. The average molecular weight is 235 g/mol. The van der Waals surface area contributed by atoms with Crippen LogP contribution in [-0.2, 0) is 7.05 Å². The fourth-order valence-corrected chi connectivity index (χ4v) is 1.88. The predicted molar refractivity (Wildman–Crippen MR) is 61.8 cm³/mol. The molecule has 0 aliphatic rings. The third kappa shape index (κ3) is 1.17. The van der Waals surface area contributed by atoms with E-state index < -0.39 is 0 Å². The molecule has 0 amide bonds. The number of benzene rings is 1. The fourth-order valence-electron chi connectivity index (χ4n) is 1.72. The summed E-state index contributed by atoms with van der Waals surface area (Å²) in [5.41, 5.74) is 0.856. The van der Waals surface area contributed by atoms with E-state index in [-0.39, 0.29) is 5.43 Å². The van der Waals surface area contributed by atoms with E-state index in [0.29, 0.717) is 27.1 Å². The smallest absolute Gasteiger partial charge is 0.228 e. The topological polar surface area (TPSA) is 48.0 Å². The molecule has 4 nitrogen and oxygen atoms in total. The summed E-state index contributed by atoms with van der Waals surface area (Å²) < 4.78 is 7.12. The van der Waals surface area contributed by atoms with Gasteiger partial charge in [-0.15, -0.1) is 0 Å². The number of hydrogen-bond acceptors (Lipinski definition) is 3. The molecule has 2 heterocycles. The Bertz CT molecular complexity index is 758. The second kappa shape index (κ2) is 3.09. The lowest BCUT2D eigenvalue weighted by molar-refractivity contribution is 0.600. The molecule has 3 rings (SSSR count). The highest BCUT2D eigenvalue weighted by molar-refractivity contribution is 6.31. The van der Waals surface area contributed by atoms with Crippen molar-refractivity contribution < 1.29 is 4.42 Å². The highest BCUT2D eigenvalue weighted by atomic mass is 35.5. The molecule has 0 unspecified atom stereocenters. The summed E-state index contributed by atoms with van der Waals surface area (Å²) in [5.74, 6) is 0. The SMILES string of the molecule is Cn1ncc2c(=O)c3ccc(Cl)cc3oc21. The van der Waals surface area contributed by atoms with Crippen molar-refractivity contribution in [3.05, 3.63) is 39.6 Å². The number of fused-ring (bicyclic) bond motifs is 2. The quantitative estimate of drug-likeness (QED) is 0.600. The van der Waals surface area contributed by atoms with Crippen molar-refractivity contribution in [3.8, 4) is 0 Å². The Morgan fingerprint density at radius 1 is 1.38 bits per heavy atom. The van der Waals surface area contributed by atoms with Crippen LogP contribution in [-0.4, -0.2) is 9.78 Å². The Balaban J connectivity index is 2.63. The van der Waals surface area contributed by atoms with Crippen molar-refractivity contribution in [3.63, 3.8) is 0 Å². The summed E-state index contributed by atoms with van der Waals surface area (Å²) >= 11 is 5.85. The second-order valence-corrected chi connectivity index (χ2v) is 4.00. The van der Waals surface area contributed by atoms with Crippen LogP contribution in [0.3, 0.4) is 0 Å². The Morgan fingerprint density at radius 2 is 2.19 bits per heavy atom. The first-order valence-electron chi connectivity index (χ1n) is 4.71. The number of halogens is 1. The first-order chi connectivity index (χ1) is 7.66. The van der Waals surface area contributed by atoms with Gasteiger partial charge in [-0.05, 0) is 12.1 Å². The lowest BCUT2D eigenvalue weighted by Gasteiger charge is -1.98. The van der Waals surface area contributed by atoms with E-state index in [9.17, 15) is 4.79 Å². The molecule has 3 aromatic rings. The molecule has 80 valence electrons. The van der Waals surface area contributed by atoms with Crippen LogP contribution < -0.4 is 5.43 Å². The van der Waals surface area contributed by atoms with Gasteiger partial charge in [0.2, 0.25) is 11.1 Å². The molecule has 1 aromatic carbocycles. The van der Waals surface area contributed by atoms with Gasteiger partial charge in [0.1, 0.15) is 11.0 Å². The van der Waals surface area contributed by atoms with Gasteiger partial charge < -0.3 is 4.42 Å². The third-order valence-corrected chi connectivity index (χ3v) is 2.76. The van der Waals surface area contributed by atoms with E-state index in [1.165, 1.54) is 10.9 Å². The minimum Gasteiger partial charge on any atom is -0.438 e. The van der Waals surface area contributed by atoms with Crippen molar-refractivity contribution >= 4 is 33.7 Å². The highest BCUT2D eigenvalue weighted by Crippen LogP contribution is 2.20. The first kappa shape index (κ1) is 9.42. The molecule has 16 heavy (non-hydrogen) atoms. The van der Waals surface area contributed by atoms with Gasteiger partial charge >= 0.3 is 0 Å². The van der Waals surface area contributed by atoms with Crippen molar-refractivity contribution in [2.75, 3.05) is 0 Å². The molecule has 0 radical (unpaired) electrons. The van der Waals surface area contributed by atoms with Gasteiger partial charge in [0.05, 0.1) is 11.6 Å². The van der Waals surface area contributed by atoms with Gasteiger partial charge in [-0.1, -0.05) is 11.6 Å². The summed E-state index contributed by atoms with van der Waals surface area (Å²) in [5, 5.41) is 5.53. The van der Waals surface area contributed by atoms with Crippen LogP contribution in [0.15, 0.2) is 33.6 Å². The van der Waals surface area contributed by atoms with Crippen molar-refractivity contribution in [2.24, 2.45) is 7.05 Å². The van der Waals surface area contributed by atoms with E-state index >= 15 is 0 Å². The molecule has 5 heteroatoms. The van der Waals surface area contributed by atoms with Gasteiger partial charge in [-0.3, -0.25) is 4.79 Å². The summed E-state index contributed by atoms with van der Waals surface area (Å²) in [4.78, 5) is 12.1. The normalized spacial score (nSPS) is 11.4. The predicted octanol–water partition coefficient (Wildman–Crippen LogP) is 2.33. The Morgan fingerprint density at radius 3 is 3.00 bits per heavy atom. The molecular weight excluding hydrogens is 228 g/mol. The van der Waals surface area contributed by atoms with E-state index in [0.717, 1.165) is 0 Å². The number of nitrogens with zero attached hydrogens (tertiary/aromatic N) is 2. The van der Waals surface area contributed by atoms with Crippen LogP contribution in [0, 0.1) is 0 Å². The molecule has 0 N–H and O–H groups in total. The maximum Gasteiger partial charge on any atom is 0.228 e. The summed E-state index contributed by atoms with van der Waals surface area (Å²) in [6, 6.07) is 4.96. The van der Waals surface area contributed by atoms with Crippen molar-refractivity contribution in [1.29, 1.82) is 0 Å². The van der Waals surface area contributed by atoms with Crippen LogP contribution in [0.4, 0.5) is 0 Å². The molecule has 0 spiro atoms. The Labute approximate surface area is 95.0 Å². The molecule has 2 aromatic heterocycles. The fraction of sp³-hybridized carbons (Fsp3) is 0.0909. The number of hydrogen-bond donors (Lipinski definition) is 0. The zero-order valence-corrected chi connectivity index (χ0v) is 9.15. The molecule has 0 fully saturated rings. The Hall–Kier alpha value is -1.81. The zero-order chi connectivity index (χ0) is 11.3. The third-order valence-electron chi connectivity index (χ3n) is 2.52. The molecular formula is C11H7ClN2O2. The largest absolute Gasteiger partial charge is 0.438 e. The van der Waals surface area contributed by atoms with Gasteiger partial charge in [-0.25, -0.2) is 4.68 Å². The number of rotatable bonds is 0. The minimum absolute atomic E-state index is 0.0824. The van der Waals surface area contributed by atoms with Gasteiger partial charge in [0.25, 0.3) is 0 Å². The van der Waals surface area contributed by atoms with Gasteiger partial charge in [0.15, 0.2) is 0 Å². The minimum atomic E-state index is -0.0824. The van der Waals surface area contributed by atoms with E-state index in [1.54, 1.807) is 25.2 Å². The standard InChI is InChI=1S/C11H7ClN2O2/c1-14-11-8(5-13-14)10(15)7-3-2-6(12)4-9(7)16-11/h2-5H,1H3. The van der Waals surface area contributed by atoms with Crippen LogP contribution in [0.5, 0.6) is 0 Å².